The van der Waals surface area contributed by atoms with Crippen LogP contribution in [0.1, 0.15) is 22.3 Å². The maximum atomic E-state index is 6.70. The van der Waals surface area contributed by atoms with Crippen LogP contribution in [0.4, 0.5) is 17.1 Å². The Kier molecular flexibility index (Phi) is 9.45. The lowest BCUT2D eigenvalue weighted by atomic mass is 9.67. The second-order valence-corrected chi connectivity index (χ2v) is 21.7. The first-order valence-corrected chi connectivity index (χ1v) is 25.5. The molecule has 3 heteroatoms. The number of fused-ring (bicyclic) bond motifs is 8. The first-order valence-electron chi connectivity index (χ1n) is 23.5. The molecule has 11 aromatic carbocycles. The summed E-state index contributed by atoms with van der Waals surface area (Å²) in [6.07, 6.45) is 0. The summed E-state index contributed by atoms with van der Waals surface area (Å²) in [5, 5.41) is 9.86. The van der Waals surface area contributed by atoms with Gasteiger partial charge in [0.05, 0.1) is 5.41 Å². The first kappa shape index (κ1) is 39.8. The third-order valence-electron chi connectivity index (χ3n) is 14.5. The third kappa shape index (κ3) is 6.03. The fourth-order valence-corrected chi connectivity index (χ4v) is 16.3. The molecule has 2 nitrogen and oxygen atoms in total. The first-order chi connectivity index (χ1) is 33.7. The number of rotatable bonds is 9. The summed E-state index contributed by atoms with van der Waals surface area (Å²) in [5.41, 5.74) is 12.0. The zero-order valence-electron chi connectivity index (χ0n) is 37.3. The minimum atomic E-state index is -2.77. The van der Waals surface area contributed by atoms with Crippen LogP contribution in [-0.2, 0) is 5.41 Å². The van der Waals surface area contributed by atoms with E-state index >= 15 is 0 Å². The number of hydrogen-bond donors (Lipinski definition) is 0. The molecular formula is C65H45NOSi. The van der Waals surface area contributed by atoms with Gasteiger partial charge in [0.15, 0.2) is 8.07 Å². The van der Waals surface area contributed by atoms with Crippen molar-refractivity contribution in [1.82, 2.24) is 0 Å². The quantitative estimate of drug-likeness (QED) is 0.106. The zero-order valence-corrected chi connectivity index (χ0v) is 38.3. The van der Waals surface area contributed by atoms with Gasteiger partial charge in [0.1, 0.15) is 11.2 Å². The molecule has 68 heavy (non-hydrogen) atoms. The van der Waals surface area contributed by atoms with Gasteiger partial charge in [0.25, 0.3) is 0 Å². The van der Waals surface area contributed by atoms with Gasteiger partial charge < -0.3 is 9.32 Å². The molecule has 0 bridgehead atoms. The molecule has 1 aromatic heterocycles. The highest BCUT2D eigenvalue weighted by molar-refractivity contribution is 7.19. The van der Waals surface area contributed by atoms with E-state index in [0.29, 0.717) is 0 Å². The average molecular weight is 884 g/mol. The molecule has 0 atom stereocenters. The second-order valence-electron chi connectivity index (χ2n) is 17.9. The summed E-state index contributed by atoms with van der Waals surface area (Å²) in [6.45, 7) is 0. The fourth-order valence-electron chi connectivity index (χ4n) is 11.6. The van der Waals surface area contributed by atoms with E-state index in [0.717, 1.165) is 44.4 Å². The van der Waals surface area contributed by atoms with Crippen molar-refractivity contribution in [2.45, 2.75) is 5.41 Å². The minimum absolute atomic E-state index is 0.544. The number of nitrogens with zero attached hydrogens (tertiary/aromatic N) is 1. The van der Waals surface area contributed by atoms with Crippen LogP contribution in [0.15, 0.2) is 277 Å². The van der Waals surface area contributed by atoms with E-state index < -0.39 is 13.5 Å². The maximum Gasteiger partial charge on any atom is 0.179 e. The van der Waals surface area contributed by atoms with Crippen molar-refractivity contribution in [1.29, 1.82) is 0 Å². The number of hydrogen-bond acceptors (Lipinski definition) is 2. The SMILES string of the molecule is c1ccc(C2(c3ccccc3)c3ccccc3-c3ccc(N(c4ccc([Si](c5ccccc5)(c5ccccc5)c5ccccc5)cc4)c4ccc5oc6c7ccccc7ccc6c5c4)cc32)cc1. The lowest BCUT2D eigenvalue weighted by Gasteiger charge is -2.35. The van der Waals surface area contributed by atoms with Gasteiger partial charge in [0, 0.05) is 33.2 Å². The number of benzene rings is 11. The smallest absolute Gasteiger partial charge is 0.179 e. The average Bonchev–Trinajstić information content (AvgIpc) is 3.94. The summed E-state index contributed by atoms with van der Waals surface area (Å²) in [6, 6.07) is 101. The molecule has 0 aliphatic heterocycles. The van der Waals surface area contributed by atoms with Crippen molar-refractivity contribution >= 4 is 78.6 Å². The van der Waals surface area contributed by atoms with Crippen LogP contribution in [-0.4, -0.2) is 8.07 Å². The normalized spacial score (nSPS) is 12.8. The molecule has 1 aliphatic carbocycles. The summed E-state index contributed by atoms with van der Waals surface area (Å²) in [5.74, 6) is 0. The van der Waals surface area contributed by atoms with Crippen LogP contribution < -0.4 is 25.6 Å². The van der Waals surface area contributed by atoms with Gasteiger partial charge in [-0.15, -0.1) is 0 Å². The van der Waals surface area contributed by atoms with Crippen molar-refractivity contribution in [3.05, 3.63) is 295 Å². The molecule has 320 valence electrons. The van der Waals surface area contributed by atoms with Gasteiger partial charge in [-0.05, 0) is 108 Å². The lowest BCUT2D eigenvalue weighted by molar-refractivity contribution is 0.672. The highest BCUT2D eigenvalue weighted by Crippen LogP contribution is 2.57. The Morgan fingerprint density at radius 1 is 0.324 bits per heavy atom. The second kappa shape index (κ2) is 16.1. The van der Waals surface area contributed by atoms with Gasteiger partial charge in [-0.3, -0.25) is 0 Å². The largest absolute Gasteiger partial charge is 0.455 e. The van der Waals surface area contributed by atoms with Gasteiger partial charge in [-0.25, -0.2) is 0 Å². The summed E-state index contributed by atoms with van der Waals surface area (Å²) in [7, 11) is -2.77. The van der Waals surface area contributed by atoms with Crippen molar-refractivity contribution < 1.29 is 4.42 Å². The van der Waals surface area contributed by atoms with Crippen LogP contribution in [0.2, 0.25) is 0 Å². The predicted octanol–water partition coefficient (Wildman–Crippen LogP) is 13.9. The molecule has 12 aromatic rings. The Balaban J connectivity index is 1.06. The van der Waals surface area contributed by atoms with Crippen molar-refractivity contribution in [2.24, 2.45) is 0 Å². The van der Waals surface area contributed by atoms with Crippen LogP contribution in [0, 0.1) is 0 Å². The maximum absolute atomic E-state index is 6.70. The van der Waals surface area contributed by atoms with E-state index in [4.69, 9.17) is 4.42 Å². The van der Waals surface area contributed by atoms with Gasteiger partial charge >= 0.3 is 0 Å². The lowest BCUT2D eigenvalue weighted by Crippen LogP contribution is -2.74. The molecule has 1 aliphatic rings. The third-order valence-corrected chi connectivity index (χ3v) is 19.3. The highest BCUT2D eigenvalue weighted by Gasteiger charge is 2.46. The Morgan fingerprint density at radius 3 is 1.44 bits per heavy atom. The summed E-state index contributed by atoms with van der Waals surface area (Å²) >= 11 is 0. The van der Waals surface area contributed by atoms with Crippen LogP contribution >= 0.6 is 0 Å². The van der Waals surface area contributed by atoms with Crippen LogP contribution in [0.25, 0.3) is 43.8 Å². The fraction of sp³-hybridized carbons (Fsp3) is 0.0154. The van der Waals surface area contributed by atoms with Crippen molar-refractivity contribution in [2.75, 3.05) is 4.90 Å². The van der Waals surface area contributed by atoms with E-state index in [1.54, 1.807) is 0 Å². The Morgan fingerprint density at radius 2 is 0.809 bits per heavy atom. The monoisotopic (exact) mass is 883 g/mol. The molecule has 0 fully saturated rings. The Labute approximate surface area is 397 Å². The standard InChI is InChI=1S/C65H45NOSi/c1-6-21-47(22-7-1)65(48-23-8-2-9-24-48)61-33-19-18-32-57(61)58-42-37-51(45-62(58)65)66(50-38-43-63-60(44-50)59-41-34-46-20-16-17-31-56(46)64(59)67-63)49-35-39-55(40-36-49)68(52-25-10-3-11-26-52,53-27-12-4-13-28-53)54-29-14-5-15-30-54/h1-45H. The molecule has 13 rings (SSSR count). The number of anilines is 3. The van der Waals surface area contributed by atoms with Crippen molar-refractivity contribution in [3.8, 4) is 11.1 Å². The topological polar surface area (TPSA) is 16.4 Å². The zero-order chi connectivity index (χ0) is 45.1. The van der Waals surface area contributed by atoms with Gasteiger partial charge in [0.2, 0.25) is 0 Å². The molecule has 0 spiro atoms. The number of furan rings is 1. The predicted molar refractivity (Wildman–Crippen MR) is 287 cm³/mol. The summed E-state index contributed by atoms with van der Waals surface area (Å²) in [4.78, 5) is 2.45. The molecule has 0 radical (unpaired) electrons. The summed E-state index contributed by atoms with van der Waals surface area (Å²) < 4.78 is 6.70. The van der Waals surface area contributed by atoms with E-state index in [9.17, 15) is 0 Å². The highest BCUT2D eigenvalue weighted by atomic mass is 28.3. The van der Waals surface area contributed by atoms with E-state index in [1.165, 1.54) is 59.5 Å². The van der Waals surface area contributed by atoms with Gasteiger partial charge in [-0.1, -0.05) is 224 Å². The molecule has 0 unspecified atom stereocenters. The Bertz CT molecular complexity index is 3640. The van der Waals surface area contributed by atoms with Gasteiger partial charge in [-0.2, -0.15) is 0 Å². The van der Waals surface area contributed by atoms with E-state index in [-0.39, 0.29) is 0 Å². The molecular weight excluding hydrogens is 839 g/mol. The molecule has 0 amide bonds. The Hall–Kier alpha value is -8.50. The van der Waals surface area contributed by atoms with E-state index in [2.05, 4.69) is 278 Å². The molecule has 1 heterocycles. The minimum Gasteiger partial charge on any atom is -0.455 e. The molecule has 0 saturated heterocycles. The molecule has 0 N–H and O–H groups in total. The van der Waals surface area contributed by atoms with E-state index in [1.807, 2.05) is 0 Å². The van der Waals surface area contributed by atoms with Crippen molar-refractivity contribution in [3.63, 3.8) is 0 Å². The van der Waals surface area contributed by atoms with Crippen LogP contribution in [0.5, 0.6) is 0 Å². The van der Waals surface area contributed by atoms with Crippen LogP contribution in [0.3, 0.4) is 0 Å². The molecule has 0 saturated carbocycles.